The van der Waals surface area contributed by atoms with Crippen molar-refractivity contribution in [1.29, 1.82) is 0 Å². The van der Waals surface area contributed by atoms with E-state index in [1.54, 1.807) is 0 Å². The lowest BCUT2D eigenvalue weighted by Gasteiger charge is -2.17. The normalized spacial score (nSPS) is 19.0. The number of carbonyl (C=O) groups excluding carboxylic acids is 1. The highest BCUT2D eigenvalue weighted by Gasteiger charge is 2.48. The van der Waals surface area contributed by atoms with Gasteiger partial charge in [0.1, 0.15) is 0 Å². The Morgan fingerprint density at radius 1 is 1.39 bits per heavy atom. The summed E-state index contributed by atoms with van der Waals surface area (Å²) in [6.07, 6.45) is 1.02. The smallest absolute Gasteiger partial charge is 0.306 e. The van der Waals surface area contributed by atoms with Crippen LogP contribution in [-0.4, -0.2) is 43.6 Å². The van der Waals surface area contributed by atoms with Crippen molar-refractivity contribution >= 4 is 21.8 Å². The van der Waals surface area contributed by atoms with Crippen molar-refractivity contribution in [2.75, 3.05) is 12.9 Å². The lowest BCUT2D eigenvalue weighted by atomic mass is 10.1. The SMILES string of the molecule is COC(=O)CC1(CS(=O)(=O)C(C)CC(=O)O)CC1. The van der Waals surface area contributed by atoms with Crippen molar-refractivity contribution in [3.63, 3.8) is 0 Å². The molecule has 0 amide bonds. The van der Waals surface area contributed by atoms with E-state index in [0.717, 1.165) is 0 Å². The monoisotopic (exact) mass is 278 g/mol. The summed E-state index contributed by atoms with van der Waals surface area (Å²) < 4.78 is 28.5. The van der Waals surface area contributed by atoms with Crippen molar-refractivity contribution in [3.05, 3.63) is 0 Å². The molecule has 1 aliphatic rings. The zero-order chi connectivity index (χ0) is 14.0. The maximum atomic E-state index is 12.0. The average Bonchev–Trinajstić information content (AvgIpc) is 2.95. The standard InChI is InChI=1S/C11H18O6S/c1-8(5-9(12)13)18(15,16)7-11(3-4-11)6-10(14)17-2/h8H,3-7H2,1-2H3,(H,12,13). The first kappa shape index (κ1) is 14.9. The van der Waals surface area contributed by atoms with E-state index in [1.165, 1.54) is 14.0 Å². The Kier molecular flexibility index (Phi) is 4.37. The maximum Gasteiger partial charge on any atom is 0.306 e. The molecular weight excluding hydrogens is 260 g/mol. The topological polar surface area (TPSA) is 97.7 Å². The number of rotatable bonds is 7. The molecule has 1 rings (SSSR count). The summed E-state index contributed by atoms with van der Waals surface area (Å²) in [5.41, 5.74) is -0.529. The highest BCUT2D eigenvalue weighted by atomic mass is 32.2. The lowest BCUT2D eigenvalue weighted by Crippen LogP contribution is -2.29. The van der Waals surface area contributed by atoms with Crippen LogP contribution in [0.2, 0.25) is 0 Å². The highest BCUT2D eigenvalue weighted by Crippen LogP contribution is 2.50. The quantitative estimate of drug-likeness (QED) is 0.685. The molecule has 104 valence electrons. The number of aliphatic carboxylic acids is 1. The van der Waals surface area contributed by atoms with Crippen molar-refractivity contribution in [2.24, 2.45) is 5.41 Å². The van der Waals surface area contributed by atoms with E-state index < -0.39 is 38.9 Å². The second kappa shape index (κ2) is 5.26. The molecule has 1 atom stereocenters. The Morgan fingerprint density at radius 2 is 1.94 bits per heavy atom. The molecule has 0 aliphatic heterocycles. The van der Waals surface area contributed by atoms with Gasteiger partial charge < -0.3 is 9.84 Å². The number of carboxylic acid groups (broad SMARTS) is 1. The van der Waals surface area contributed by atoms with E-state index in [1.807, 2.05) is 0 Å². The number of hydrogen-bond donors (Lipinski definition) is 1. The summed E-state index contributed by atoms with van der Waals surface area (Å²) in [4.78, 5) is 21.7. The molecule has 1 saturated carbocycles. The Bertz CT molecular complexity index is 434. The first-order valence-electron chi connectivity index (χ1n) is 5.71. The van der Waals surface area contributed by atoms with E-state index in [9.17, 15) is 18.0 Å². The molecule has 0 bridgehead atoms. The fraction of sp³-hybridized carbons (Fsp3) is 0.818. The first-order chi connectivity index (χ1) is 8.21. The van der Waals surface area contributed by atoms with Crippen LogP contribution in [-0.2, 0) is 24.2 Å². The Balaban J connectivity index is 2.65. The fourth-order valence-electron chi connectivity index (χ4n) is 1.87. The van der Waals surface area contributed by atoms with Crippen LogP contribution in [0, 0.1) is 5.41 Å². The van der Waals surface area contributed by atoms with Crippen molar-refractivity contribution in [3.8, 4) is 0 Å². The molecule has 0 radical (unpaired) electrons. The van der Waals surface area contributed by atoms with Crippen molar-refractivity contribution < 1.29 is 27.9 Å². The molecule has 1 unspecified atom stereocenters. The fourth-order valence-corrected chi connectivity index (χ4v) is 3.79. The summed E-state index contributed by atoms with van der Waals surface area (Å²) in [5.74, 6) is -1.69. The average molecular weight is 278 g/mol. The van der Waals surface area contributed by atoms with Crippen LogP contribution in [0.15, 0.2) is 0 Å². The van der Waals surface area contributed by atoms with Crippen LogP contribution in [0.5, 0.6) is 0 Å². The molecule has 7 heteroatoms. The Morgan fingerprint density at radius 3 is 2.33 bits per heavy atom. The summed E-state index contributed by atoms with van der Waals surface area (Å²) in [6, 6.07) is 0. The van der Waals surface area contributed by atoms with Gasteiger partial charge in [-0.25, -0.2) is 8.42 Å². The van der Waals surface area contributed by atoms with Crippen LogP contribution in [0.3, 0.4) is 0 Å². The third-order valence-electron chi connectivity index (χ3n) is 3.29. The second-order valence-corrected chi connectivity index (χ2v) is 7.39. The van der Waals surface area contributed by atoms with Gasteiger partial charge in [-0.05, 0) is 25.2 Å². The number of carbonyl (C=O) groups is 2. The molecule has 1 N–H and O–H groups in total. The van der Waals surface area contributed by atoms with Crippen LogP contribution >= 0.6 is 0 Å². The second-order valence-electron chi connectivity index (χ2n) is 4.97. The molecule has 0 heterocycles. The van der Waals surface area contributed by atoms with Gasteiger partial charge in [0.15, 0.2) is 9.84 Å². The molecule has 0 saturated heterocycles. The van der Waals surface area contributed by atoms with Gasteiger partial charge in [0.25, 0.3) is 0 Å². The predicted molar refractivity (Wildman–Crippen MR) is 63.8 cm³/mol. The largest absolute Gasteiger partial charge is 0.481 e. The van der Waals surface area contributed by atoms with Gasteiger partial charge in [0.2, 0.25) is 0 Å². The highest BCUT2D eigenvalue weighted by molar-refractivity contribution is 7.92. The number of sulfone groups is 1. The van der Waals surface area contributed by atoms with Crippen LogP contribution in [0.1, 0.15) is 32.6 Å². The molecule has 1 aliphatic carbocycles. The minimum atomic E-state index is -3.49. The molecule has 1 fully saturated rings. The van der Waals surface area contributed by atoms with Crippen molar-refractivity contribution in [2.45, 2.75) is 37.9 Å². The summed E-state index contributed by atoms with van der Waals surface area (Å²) in [6.45, 7) is 1.39. The van der Waals surface area contributed by atoms with Gasteiger partial charge in [-0.15, -0.1) is 0 Å². The van der Waals surface area contributed by atoms with Gasteiger partial charge in [-0.2, -0.15) is 0 Å². The van der Waals surface area contributed by atoms with Gasteiger partial charge in [-0.1, -0.05) is 0 Å². The number of ether oxygens (including phenoxy) is 1. The van der Waals surface area contributed by atoms with Gasteiger partial charge in [0.05, 0.1) is 31.0 Å². The van der Waals surface area contributed by atoms with E-state index >= 15 is 0 Å². The maximum absolute atomic E-state index is 12.0. The molecule has 0 spiro atoms. The Labute approximate surface area is 106 Å². The van der Waals surface area contributed by atoms with E-state index in [-0.39, 0.29) is 12.2 Å². The molecule has 0 aromatic heterocycles. The van der Waals surface area contributed by atoms with E-state index in [0.29, 0.717) is 12.8 Å². The molecule has 18 heavy (non-hydrogen) atoms. The number of methoxy groups -OCH3 is 1. The van der Waals surface area contributed by atoms with Crippen LogP contribution < -0.4 is 0 Å². The third kappa shape index (κ3) is 3.97. The van der Waals surface area contributed by atoms with Crippen LogP contribution in [0.4, 0.5) is 0 Å². The van der Waals surface area contributed by atoms with E-state index in [4.69, 9.17) is 5.11 Å². The van der Waals surface area contributed by atoms with E-state index in [2.05, 4.69) is 4.74 Å². The van der Waals surface area contributed by atoms with Crippen molar-refractivity contribution in [1.82, 2.24) is 0 Å². The summed E-state index contributed by atoms with van der Waals surface area (Å²) >= 11 is 0. The predicted octanol–water partition coefficient (Wildman–Crippen LogP) is 0.608. The lowest BCUT2D eigenvalue weighted by molar-refractivity contribution is -0.142. The number of hydrogen-bond acceptors (Lipinski definition) is 5. The van der Waals surface area contributed by atoms with Crippen LogP contribution in [0.25, 0.3) is 0 Å². The Hall–Kier alpha value is -1.11. The zero-order valence-corrected chi connectivity index (χ0v) is 11.3. The van der Waals surface area contributed by atoms with Gasteiger partial charge in [0, 0.05) is 0 Å². The molecular formula is C11H18O6S. The van der Waals surface area contributed by atoms with Gasteiger partial charge >= 0.3 is 11.9 Å². The molecule has 0 aromatic rings. The molecule has 6 nitrogen and oxygen atoms in total. The molecule has 0 aromatic carbocycles. The zero-order valence-electron chi connectivity index (χ0n) is 10.5. The number of esters is 1. The summed E-state index contributed by atoms with van der Waals surface area (Å²) in [7, 11) is -2.23. The third-order valence-corrected chi connectivity index (χ3v) is 5.69. The minimum absolute atomic E-state index is 0.0858. The van der Waals surface area contributed by atoms with Gasteiger partial charge in [-0.3, -0.25) is 9.59 Å². The first-order valence-corrected chi connectivity index (χ1v) is 7.42. The minimum Gasteiger partial charge on any atom is -0.481 e. The summed E-state index contributed by atoms with van der Waals surface area (Å²) in [5, 5.41) is 7.68. The number of carboxylic acids is 1.